The lowest BCUT2D eigenvalue weighted by Crippen LogP contribution is -2.08. The summed E-state index contributed by atoms with van der Waals surface area (Å²) in [6.07, 6.45) is 9.54. The summed E-state index contributed by atoms with van der Waals surface area (Å²) in [6, 6.07) is 6.96. The quantitative estimate of drug-likeness (QED) is 0.677. The van der Waals surface area contributed by atoms with Crippen LogP contribution in [-0.2, 0) is 12.8 Å². The van der Waals surface area contributed by atoms with Gasteiger partial charge in [-0.05, 0) is 48.3 Å². The molecule has 0 saturated heterocycles. The van der Waals surface area contributed by atoms with Gasteiger partial charge in [0.25, 0.3) is 0 Å². The molecule has 1 aliphatic rings. The van der Waals surface area contributed by atoms with Crippen molar-refractivity contribution in [1.29, 1.82) is 0 Å². The normalized spacial score (nSPS) is 17.6. The summed E-state index contributed by atoms with van der Waals surface area (Å²) in [5.41, 5.74) is 4.89. The van der Waals surface area contributed by atoms with E-state index in [1.54, 1.807) is 16.7 Å². The van der Waals surface area contributed by atoms with E-state index in [-0.39, 0.29) is 0 Å². The van der Waals surface area contributed by atoms with Crippen LogP contribution in [0.4, 0.5) is 0 Å². The van der Waals surface area contributed by atoms with Gasteiger partial charge < -0.3 is 0 Å². The molecule has 0 nitrogen and oxygen atoms in total. The highest BCUT2D eigenvalue weighted by atomic mass is 14.2. The van der Waals surface area contributed by atoms with Crippen LogP contribution in [0.3, 0.4) is 0 Å². The second-order valence-electron chi connectivity index (χ2n) is 5.03. The van der Waals surface area contributed by atoms with Crippen LogP contribution in [0.1, 0.15) is 68.6 Å². The number of rotatable bonds is 3. The summed E-state index contributed by atoms with van der Waals surface area (Å²) >= 11 is 0. The first-order chi connectivity index (χ1) is 7.86. The molecule has 0 heteroatoms. The van der Waals surface area contributed by atoms with Crippen LogP contribution in [0.25, 0.3) is 0 Å². The Morgan fingerprint density at radius 1 is 1.00 bits per heavy atom. The first kappa shape index (κ1) is 11.7. The van der Waals surface area contributed by atoms with Gasteiger partial charge in [-0.2, -0.15) is 0 Å². The summed E-state index contributed by atoms with van der Waals surface area (Å²) in [5, 5.41) is 0. The van der Waals surface area contributed by atoms with Crippen LogP contribution < -0.4 is 0 Å². The molecule has 1 aromatic carbocycles. The van der Waals surface area contributed by atoms with Gasteiger partial charge in [0.2, 0.25) is 0 Å². The van der Waals surface area contributed by atoms with Crippen LogP contribution in [0.2, 0.25) is 0 Å². The van der Waals surface area contributed by atoms with Crippen molar-refractivity contribution in [3.8, 4) is 0 Å². The van der Waals surface area contributed by atoms with Crippen LogP contribution in [-0.4, -0.2) is 0 Å². The average molecular weight is 216 g/mol. The molecule has 0 amide bonds. The van der Waals surface area contributed by atoms with Crippen molar-refractivity contribution in [3.05, 3.63) is 34.9 Å². The van der Waals surface area contributed by atoms with E-state index in [2.05, 4.69) is 32.0 Å². The molecule has 0 bridgehead atoms. The predicted molar refractivity (Wildman–Crippen MR) is 71.0 cm³/mol. The maximum absolute atomic E-state index is 2.38. The first-order valence-electron chi connectivity index (χ1n) is 6.97. The highest BCUT2D eigenvalue weighted by Crippen LogP contribution is 2.35. The third-order valence-corrected chi connectivity index (χ3v) is 4.09. The molecular formula is C16H24. The van der Waals surface area contributed by atoms with Crippen molar-refractivity contribution < 1.29 is 0 Å². The minimum atomic E-state index is 0.857. The molecule has 0 radical (unpaired) electrons. The van der Waals surface area contributed by atoms with Crippen LogP contribution in [0.5, 0.6) is 0 Å². The smallest absolute Gasteiger partial charge is 0.0159 e. The van der Waals surface area contributed by atoms with Crippen molar-refractivity contribution in [2.75, 3.05) is 0 Å². The average Bonchev–Trinajstić information content (AvgIpc) is 2.38. The van der Waals surface area contributed by atoms with E-state index >= 15 is 0 Å². The Hall–Kier alpha value is -0.780. The lowest BCUT2D eigenvalue weighted by Gasteiger charge is -2.25. The monoisotopic (exact) mass is 216 g/mol. The van der Waals surface area contributed by atoms with E-state index in [0.717, 1.165) is 5.92 Å². The number of hydrogen-bond acceptors (Lipinski definition) is 0. The van der Waals surface area contributed by atoms with Gasteiger partial charge in [-0.1, -0.05) is 51.3 Å². The van der Waals surface area contributed by atoms with Gasteiger partial charge in [0.1, 0.15) is 0 Å². The Morgan fingerprint density at radius 3 is 2.38 bits per heavy atom. The summed E-state index contributed by atoms with van der Waals surface area (Å²) in [4.78, 5) is 0. The second-order valence-corrected chi connectivity index (χ2v) is 5.03. The topological polar surface area (TPSA) is 0 Å². The van der Waals surface area contributed by atoms with E-state index in [9.17, 15) is 0 Å². The van der Waals surface area contributed by atoms with Crippen molar-refractivity contribution in [1.82, 2.24) is 0 Å². The molecule has 0 unspecified atom stereocenters. The van der Waals surface area contributed by atoms with Gasteiger partial charge in [0.15, 0.2) is 0 Å². The zero-order valence-corrected chi connectivity index (χ0v) is 10.8. The Bertz CT molecular complexity index is 332. The van der Waals surface area contributed by atoms with E-state index in [1.165, 1.54) is 44.9 Å². The highest BCUT2D eigenvalue weighted by Gasteiger charge is 2.18. The lowest BCUT2D eigenvalue weighted by atomic mass is 9.80. The molecule has 16 heavy (non-hydrogen) atoms. The Labute approximate surface area is 100 Å². The molecule has 1 aliphatic carbocycles. The number of benzene rings is 1. The fraction of sp³-hybridized carbons (Fsp3) is 0.625. The molecule has 0 spiro atoms. The van der Waals surface area contributed by atoms with Crippen molar-refractivity contribution in [2.45, 2.75) is 64.7 Å². The maximum atomic E-state index is 2.38. The fourth-order valence-electron chi connectivity index (χ4n) is 3.21. The Kier molecular flexibility index (Phi) is 4.04. The van der Waals surface area contributed by atoms with Gasteiger partial charge in [0, 0.05) is 0 Å². The van der Waals surface area contributed by atoms with E-state index in [0.29, 0.717) is 0 Å². The van der Waals surface area contributed by atoms with Gasteiger partial charge in [0.05, 0.1) is 0 Å². The Balaban J connectivity index is 2.30. The van der Waals surface area contributed by atoms with Crippen molar-refractivity contribution in [3.63, 3.8) is 0 Å². The van der Waals surface area contributed by atoms with Crippen molar-refractivity contribution >= 4 is 0 Å². The molecule has 1 saturated carbocycles. The van der Waals surface area contributed by atoms with Crippen LogP contribution in [0.15, 0.2) is 18.2 Å². The summed E-state index contributed by atoms with van der Waals surface area (Å²) in [7, 11) is 0. The molecule has 0 atom stereocenters. The molecule has 1 fully saturated rings. The molecule has 88 valence electrons. The standard InChI is InChI=1S/C16H24/c1-3-13-11-8-12-16(15(13)4-2)14-9-6-5-7-10-14/h8,11-12,14H,3-7,9-10H2,1-2H3. The zero-order chi connectivity index (χ0) is 11.4. The largest absolute Gasteiger partial charge is 0.0617 e. The zero-order valence-electron chi connectivity index (χ0n) is 10.8. The number of aryl methyl sites for hydroxylation is 1. The molecule has 0 N–H and O–H groups in total. The van der Waals surface area contributed by atoms with Crippen molar-refractivity contribution in [2.24, 2.45) is 0 Å². The first-order valence-corrected chi connectivity index (χ1v) is 6.97. The van der Waals surface area contributed by atoms with Gasteiger partial charge >= 0.3 is 0 Å². The number of hydrogen-bond donors (Lipinski definition) is 0. The van der Waals surface area contributed by atoms with Gasteiger partial charge in [-0.25, -0.2) is 0 Å². The van der Waals surface area contributed by atoms with Gasteiger partial charge in [-0.15, -0.1) is 0 Å². The van der Waals surface area contributed by atoms with Crippen LogP contribution >= 0.6 is 0 Å². The van der Waals surface area contributed by atoms with E-state index < -0.39 is 0 Å². The highest BCUT2D eigenvalue weighted by molar-refractivity contribution is 5.37. The second kappa shape index (κ2) is 5.52. The molecule has 0 aliphatic heterocycles. The third kappa shape index (κ3) is 2.31. The third-order valence-electron chi connectivity index (χ3n) is 4.09. The van der Waals surface area contributed by atoms with E-state index in [4.69, 9.17) is 0 Å². The molecule has 2 rings (SSSR count). The minimum Gasteiger partial charge on any atom is -0.0617 e. The summed E-state index contributed by atoms with van der Waals surface area (Å²) < 4.78 is 0. The van der Waals surface area contributed by atoms with E-state index in [1.807, 2.05) is 0 Å². The molecule has 1 aromatic rings. The molecule has 0 heterocycles. The maximum Gasteiger partial charge on any atom is -0.0159 e. The lowest BCUT2D eigenvalue weighted by molar-refractivity contribution is 0.441. The summed E-state index contributed by atoms with van der Waals surface area (Å²) in [6.45, 7) is 4.58. The predicted octanol–water partition coefficient (Wildman–Crippen LogP) is 4.86. The summed E-state index contributed by atoms with van der Waals surface area (Å²) in [5.74, 6) is 0.857. The fourth-order valence-corrected chi connectivity index (χ4v) is 3.21. The Morgan fingerprint density at radius 2 is 1.75 bits per heavy atom. The van der Waals surface area contributed by atoms with Crippen LogP contribution in [0, 0.1) is 0 Å². The molecule has 0 aromatic heterocycles. The minimum absolute atomic E-state index is 0.857. The SMILES string of the molecule is CCc1cccc(C2CCCCC2)c1CC. The molecular weight excluding hydrogens is 192 g/mol. The van der Waals surface area contributed by atoms with Gasteiger partial charge in [-0.3, -0.25) is 0 Å².